The molecule has 0 radical (unpaired) electrons. The van der Waals surface area contributed by atoms with Gasteiger partial charge in [0.25, 0.3) is 0 Å². The summed E-state index contributed by atoms with van der Waals surface area (Å²) in [6.45, 7) is 2.20. The number of halogens is 2. The molecule has 0 aliphatic carbocycles. The topological polar surface area (TPSA) is 76.9 Å². The molecule has 2 N–H and O–H groups in total. The van der Waals surface area contributed by atoms with Gasteiger partial charge in [-0.15, -0.1) is 0 Å². The summed E-state index contributed by atoms with van der Waals surface area (Å²) >= 11 is 6.31. The fraction of sp³-hybridized carbons (Fsp3) is 0.250. The third-order valence-electron chi connectivity index (χ3n) is 4.12. The van der Waals surface area contributed by atoms with E-state index in [4.69, 9.17) is 16.3 Å². The average Bonchev–Trinajstić information content (AvgIpc) is 3.10. The fourth-order valence-electron chi connectivity index (χ4n) is 2.86. The zero-order chi connectivity index (χ0) is 20.8. The van der Waals surface area contributed by atoms with E-state index in [1.54, 1.807) is 30.3 Å². The molecule has 0 aliphatic heterocycles. The lowest BCUT2D eigenvalue weighted by molar-refractivity contribution is 0.186. The van der Waals surface area contributed by atoms with Crippen molar-refractivity contribution in [2.75, 3.05) is 24.4 Å². The van der Waals surface area contributed by atoms with E-state index < -0.39 is 0 Å². The number of benzene rings is 1. The highest BCUT2D eigenvalue weighted by molar-refractivity contribution is 6.32. The third-order valence-corrected chi connectivity index (χ3v) is 4.40. The Hall–Kier alpha value is -2.97. The summed E-state index contributed by atoms with van der Waals surface area (Å²) in [7, 11) is 3.40. The number of hydrogen-bond donors (Lipinski definition) is 2. The standard InChI is InChI=1S/C20H22ClFN6O/c1-4-5-13-6-7-14(22)8-16(13)18(12-29-3)26-19-17(21)10-23-20(27-19)25-15-9-24-28(2)11-15/h4-11,18H,12H2,1-3H3,(H2,23,25,26,27). The third kappa shape index (κ3) is 5.30. The summed E-state index contributed by atoms with van der Waals surface area (Å²) in [6.07, 6.45) is 8.77. The molecule has 0 saturated carbocycles. The zero-order valence-electron chi connectivity index (χ0n) is 16.4. The lowest BCUT2D eigenvalue weighted by Crippen LogP contribution is -2.19. The van der Waals surface area contributed by atoms with Crippen LogP contribution in [0.1, 0.15) is 24.1 Å². The van der Waals surface area contributed by atoms with Crippen LogP contribution in [0.3, 0.4) is 0 Å². The van der Waals surface area contributed by atoms with Gasteiger partial charge in [0.05, 0.1) is 30.7 Å². The number of nitrogens with zero attached hydrogens (tertiary/aromatic N) is 4. The molecule has 29 heavy (non-hydrogen) atoms. The molecule has 1 atom stereocenters. The first kappa shape index (κ1) is 20.8. The van der Waals surface area contributed by atoms with Crippen molar-refractivity contribution in [2.24, 2.45) is 7.05 Å². The molecule has 1 aromatic carbocycles. The number of rotatable bonds is 8. The Morgan fingerprint density at radius 3 is 2.86 bits per heavy atom. The van der Waals surface area contributed by atoms with E-state index in [2.05, 4.69) is 25.7 Å². The highest BCUT2D eigenvalue weighted by atomic mass is 35.5. The van der Waals surface area contributed by atoms with Crippen LogP contribution in [0.2, 0.25) is 5.02 Å². The number of ether oxygens (including phenoxy) is 1. The Bertz CT molecular complexity index is 1010. The molecule has 7 nitrogen and oxygen atoms in total. The molecule has 2 aromatic heterocycles. The van der Waals surface area contributed by atoms with Crippen LogP contribution in [0.15, 0.2) is 42.9 Å². The lowest BCUT2D eigenvalue weighted by Gasteiger charge is -2.22. The molecule has 0 spiro atoms. The molecule has 0 fully saturated rings. The first-order valence-corrected chi connectivity index (χ1v) is 9.33. The SMILES string of the molecule is CC=Cc1ccc(F)cc1C(COC)Nc1nc(Nc2cnn(C)c2)ncc1Cl. The van der Waals surface area contributed by atoms with E-state index in [0.717, 1.165) is 16.8 Å². The van der Waals surface area contributed by atoms with Crippen molar-refractivity contribution < 1.29 is 9.13 Å². The monoisotopic (exact) mass is 416 g/mol. The lowest BCUT2D eigenvalue weighted by atomic mass is 10.00. The van der Waals surface area contributed by atoms with Crippen molar-refractivity contribution in [1.29, 1.82) is 0 Å². The second-order valence-electron chi connectivity index (χ2n) is 6.34. The Labute approximate surface area is 173 Å². The maximum atomic E-state index is 14.0. The van der Waals surface area contributed by atoms with Crippen LogP contribution in [-0.4, -0.2) is 33.5 Å². The number of aromatic nitrogens is 4. The van der Waals surface area contributed by atoms with Crippen molar-refractivity contribution >= 4 is 35.1 Å². The summed E-state index contributed by atoms with van der Waals surface area (Å²) in [4.78, 5) is 8.65. The van der Waals surface area contributed by atoms with Crippen LogP contribution in [0.4, 0.5) is 21.8 Å². The van der Waals surface area contributed by atoms with E-state index in [0.29, 0.717) is 23.4 Å². The van der Waals surface area contributed by atoms with E-state index in [9.17, 15) is 4.39 Å². The second-order valence-corrected chi connectivity index (χ2v) is 6.75. The first-order chi connectivity index (χ1) is 14.0. The maximum absolute atomic E-state index is 14.0. The summed E-state index contributed by atoms with van der Waals surface area (Å²) in [5.74, 6) is 0.434. The van der Waals surface area contributed by atoms with E-state index in [-0.39, 0.29) is 11.9 Å². The average molecular weight is 417 g/mol. The molecule has 9 heteroatoms. The quantitative estimate of drug-likeness (QED) is 0.559. The Balaban J connectivity index is 1.91. The Morgan fingerprint density at radius 1 is 1.34 bits per heavy atom. The van der Waals surface area contributed by atoms with Crippen LogP contribution >= 0.6 is 11.6 Å². The molecule has 3 aromatic rings. The molecule has 152 valence electrons. The smallest absolute Gasteiger partial charge is 0.229 e. The van der Waals surface area contributed by atoms with Crippen molar-refractivity contribution in [1.82, 2.24) is 19.7 Å². The Morgan fingerprint density at radius 2 is 2.17 bits per heavy atom. The number of anilines is 3. The van der Waals surface area contributed by atoms with E-state index >= 15 is 0 Å². The van der Waals surface area contributed by atoms with Crippen LogP contribution in [0.5, 0.6) is 0 Å². The van der Waals surface area contributed by atoms with Crippen molar-refractivity contribution in [3.8, 4) is 0 Å². The fourth-order valence-corrected chi connectivity index (χ4v) is 3.01. The van der Waals surface area contributed by atoms with Crippen LogP contribution in [0.25, 0.3) is 6.08 Å². The van der Waals surface area contributed by atoms with Gasteiger partial charge in [-0.1, -0.05) is 29.8 Å². The minimum Gasteiger partial charge on any atom is -0.382 e. The maximum Gasteiger partial charge on any atom is 0.229 e. The first-order valence-electron chi connectivity index (χ1n) is 8.96. The van der Waals surface area contributed by atoms with Crippen LogP contribution in [0, 0.1) is 5.82 Å². The minimum absolute atomic E-state index is 0.291. The van der Waals surface area contributed by atoms with Gasteiger partial charge in [-0.05, 0) is 30.2 Å². The summed E-state index contributed by atoms with van der Waals surface area (Å²) in [5, 5.41) is 10.8. The van der Waals surface area contributed by atoms with E-state index in [1.165, 1.54) is 18.3 Å². The van der Waals surface area contributed by atoms with Gasteiger partial charge < -0.3 is 15.4 Å². The van der Waals surface area contributed by atoms with Crippen molar-refractivity contribution in [3.05, 3.63) is 64.8 Å². The molecule has 0 saturated heterocycles. The number of hydrogen-bond acceptors (Lipinski definition) is 6. The number of allylic oxidation sites excluding steroid dienone is 1. The molecular formula is C20H22ClFN6O. The zero-order valence-corrected chi connectivity index (χ0v) is 17.1. The highest BCUT2D eigenvalue weighted by Gasteiger charge is 2.18. The second kappa shape index (κ2) is 9.49. The van der Waals surface area contributed by atoms with Gasteiger partial charge in [0.2, 0.25) is 5.95 Å². The van der Waals surface area contributed by atoms with Gasteiger partial charge in [0.1, 0.15) is 10.8 Å². The minimum atomic E-state index is -0.374. The number of aryl methyl sites for hydroxylation is 1. The Kier molecular flexibility index (Phi) is 6.79. The molecule has 0 aliphatic rings. The van der Waals surface area contributed by atoms with Crippen LogP contribution in [-0.2, 0) is 11.8 Å². The molecule has 0 bridgehead atoms. The highest BCUT2D eigenvalue weighted by Crippen LogP contribution is 2.28. The summed E-state index contributed by atoms with van der Waals surface area (Å²) in [6, 6.07) is 4.26. The molecule has 3 rings (SSSR count). The molecular weight excluding hydrogens is 395 g/mol. The molecule has 0 amide bonds. The van der Waals surface area contributed by atoms with Gasteiger partial charge >= 0.3 is 0 Å². The van der Waals surface area contributed by atoms with Gasteiger partial charge in [-0.3, -0.25) is 4.68 Å². The predicted octanol–water partition coefficient (Wildman–Crippen LogP) is 4.58. The summed E-state index contributed by atoms with van der Waals surface area (Å²) < 4.78 is 21.0. The van der Waals surface area contributed by atoms with Crippen LogP contribution < -0.4 is 10.6 Å². The van der Waals surface area contributed by atoms with Gasteiger partial charge in [0.15, 0.2) is 5.82 Å². The van der Waals surface area contributed by atoms with Crippen molar-refractivity contribution in [2.45, 2.75) is 13.0 Å². The number of nitrogens with one attached hydrogen (secondary N) is 2. The normalized spacial score (nSPS) is 12.3. The van der Waals surface area contributed by atoms with Gasteiger partial charge in [-0.2, -0.15) is 10.1 Å². The van der Waals surface area contributed by atoms with Gasteiger partial charge in [0, 0.05) is 20.4 Å². The van der Waals surface area contributed by atoms with Crippen molar-refractivity contribution in [3.63, 3.8) is 0 Å². The number of methoxy groups -OCH3 is 1. The largest absolute Gasteiger partial charge is 0.382 e. The van der Waals surface area contributed by atoms with E-state index in [1.807, 2.05) is 26.1 Å². The molecule has 2 heterocycles. The predicted molar refractivity (Wildman–Crippen MR) is 113 cm³/mol. The van der Waals surface area contributed by atoms with Gasteiger partial charge in [-0.25, -0.2) is 9.37 Å². The molecule has 1 unspecified atom stereocenters. The summed E-state index contributed by atoms with van der Waals surface area (Å²) in [5.41, 5.74) is 2.36.